The van der Waals surface area contributed by atoms with E-state index in [0.717, 1.165) is 12.3 Å². The van der Waals surface area contributed by atoms with E-state index in [-0.39, 0.29) is 5.56 Å². The molecule has 0 spiro atoms. The molecule has 11 heteroatoms. The Labute approximate surface area is 109 Å². The van der Waals surface area contributed by atoms with Crippen LogP contribution in [0.1, 0.15) is 12.0 Å². The van der Waals surface area contributed by atoms with Crippen molar-refractivity contribution in [1.82, 2.24) is 4.98 Å². The highest BCUT2D eigenvalue weighted by Crippen LogP contribution is 2.23. The molecule has 1 aromatic heterocycles. The van der Waals surface area contributed by atoms with Crippen LogP contribution in [0.3, 0.4) is 0 Å². The first-order chi connectivity index (χ1) is 9.24. The van der Waals surface area contributed by atoms with Crippen LogP contribution in [0.15, 0.2) is 17.4 Å². The number of nitrogens with zero attached hydrogens (tertiary/aromatic N) is 3. The van der Waals surface area contributed by atoms with Crippen LogP contribution in [0.5, 0.6) is 5.88 Å². The van der Waals surface area contributed by atoms with E-state index in [2.05, 4.69) is 10.1 Å². The van der Waals surface area contributed by atoms with Crippen LogP contribution >= 0.6 is 0 Å². The topological polar surface area (TPSA) is 124 Å². The molecule has 0 amide bonds. The zero-order valence-electron chi connectivity index (χ0n) is 9.79. The molecule has 1 rings (SSSR count). The molecule has 0 unspecified atom stereocenters. The van der Waals surface area contributed by atoms with Gasteiger partial charge < -0.3 is 15.7 Å². The number of nitro groups is 1. The van der Waals surface area contributed by atoms with E-state index < -0.39 is 41.5 Å². The zero-order valence-corrected chi connectivity index (χ0v) is 9.79. The maximum Gasteiger partial charge on any atom is 0.392 e. The summed E-state index contributed by atoms with van der Waals surface area (Å²) in [6.45, 7) is -0.750. The van der Waals surface area contributed by atoms with Gasteiger partial charge in [-0.3, -0.25) is 10.1 Å². The molecule has 8 nitrogen and oxygen atoms in total. The molecule has 20 heavy (non-hydrogen) atoms. The Bertz CT molecular complexity index is 532. The molecule has 3 N–H and O–H groups in total. The summed E-state index contributed by atoms with van der Waals surface area (Å²) in [4.78, 5) is 13.2. The first-order valence-corrected chi connectivity index (χ1v) is 5.06. The average molecular weight is 294 g/mol. The standard InChI is InChI=1S/C9H9F3N4O4/c10-9(11,12)1-2-20-8-6(7(13)15-17)3-5(4-14-8)16(18)19/h3-4,17H,1-2H2,(H2,13,15). The van der Waals surface area contributed by atoms with E-state index in [1.165, 1.54) is 0 Å². The Balaban J connectivity index is 2.98. The molecular formula is C9H9F3N4O4. The second-order valence-corrected chi connectivity index (χ2v) is 3.50. The molecule has 0 saturated heterocycles. The summed E-state index contributed by atoms with van der Waals surface area (Å²) in [6, 6.07) is 0.880. The van der Waals surface area contributed by atoms with Crippen LogP contribution in [-0.2, 0) is 0 Å². The number of rotatable bonds is 5. The van der Waals surface area contributed by atoms with Crippen LogP contribution in [0.25, 0.3) is 0 Å². The number of hydrogen-bond donors (Lipinski definition) is 2. The summed E-state index contributed by atoms with van der Waals surface area (Å²) in [5.74, 6) is -0.960. The molecular weight excluding hydrogens is 285 g/mol. The Hall–Kier alpha value is -2.59. The van der Waals surface area contributed by atoms with Crippen LogP contribution in [-0.4, -0.2) is 33.7 Å². The lowest BCUT2D eigenvalue weighted by molar-refractivity contribution is -0.385. The van der Waals surface area contributed by atoms with Gasteiger partial charge in [0, 0.05) is 6.07 Å². The number of amidine groups is 1. The number of alkyl halides is 3. The molecule has 0 fully saturated rings. The van der Waals surface area contributed by atoms with Crippen molar-refractivity contribution in [2.24, 2.45) is 10.9 Å². The third-order valence-corrected chi connectivity index (χ3v) is 2.06. The average Bonchev–Trinajstić information content (AvgIpc) is 2.36. The largest absolute Gasteiger partial charge is 0.477 e. The van der Waals surface area contributed by atoms with Gasteiger partial charge in [0.15, 0.2) is 5.84 Å². The van der Waals surface area contributed by atoms with Gasteiger partial charge in [0.25, 0.3) is 5.69 Å². The first kappa shape index (κ1) is 15.5. The first-order valence-electron chi connectivity index (χ1n) is 5.06. The molecule has 0 saturated carbocycles. The van der Waals surface area contributed by atoms with Crippen molar-refractivity contribution in [3.8, 4) is 5.88 Å². The van der Waals surface area contributed by atoms with Crippen molar-refractivity contribution >= 4 is 11.5 Å². The van der Waals surface area contributed by atoms with E-state index in [1.807, 2.05) is 0 Å². The summed E-state index contributed by atoms with van der Waals surface area (Å²) in [7, 11) is 0. The SMILES string of the molecule is N/C(=N/O)c1cc([N+](=O)[O-])cnc1OCCC(F)(F)F. The molecule has 0 aromatic carbocycles. The minimum atomic E-state index is -4.42. The third-order valence-electron chi connectivity index (χ3n) is 2.06. The van der Waals surface area contributed by atoms with E-state index in [9.17, 15) is 23.3 Å². The maximum absolute atomic E-state index is 12.0. The molecule has 0 atom stereocenters. The predicted molar refractivity (Wildman–Crippen MR) is 59.6 cm³/mol. The molecule has 0 bridgehead atoms. The van der Waals surface area contributed by atoms with E-state index in [0.29, 0.717) is 0 Å². The lowest BCUT2D eigenvalue weighted by atomic mass is 10.2. The Kier molecular flexibility index (Phi) is 4.67. The number of oxime groups is 1. The van der Waals surface area contributed by atoms with Crippen molar-refractivity contribution in [3.05, 3.63) is 27.9 Å². The highest BCUT2D eigenvalue weighted by atomic mass is 19.4. The zero-order chi connectivity index (χ0) is 15.3. The maximum atomic E-state index is 12.0. The lowest BCUT2D eigenvalue weighted by Gasteiger charge is -2.10. The number of ether oxygens (including phenoxy) is 1. The monoisotopic (exact) mass is 294 g/mol. The predicted octanol–water partition coefficient (Wildman–Crippen LogP) is 1.42. The van der Waals surface area contributed by atoms with Crippen LogP contribution in [0.2, 0.25) is 0 Å². The smallest absolute Gasteiger partial charge is 0.392 e. The number of aromatic nitrogens is 1. The summed E-state index contributed by atoms with van der Waals surface area (Å²) >= 11 is 0. The number of pyridine rings is 1. The summed E-state index contributed by atoms with van der Waals surface area (Å²) in [5, 5.41) is 21.7. The van der Waals surface area contributed by atoms with Gasteiger partial charge in [0.1, 0.15) is 6.20 Å². The van der Waals surface area contributed by atoms with Crippen molar-refractivity contribution in [3.63, 3.8) is 0 Å². The van der Waals surface area contributed by atoms with Gasteiger partial charge in [-0.25, -0.2) is 4.98 Å². The van der Waals surface area contributed by atoms with Crippen molar-refractivity contribution in [2.45, 2.75) is 12.6 Å². The van der Waals surface area contributed by atoms with Crippen LogP contribution < -0.4 is 10.5 Å². The van der Waals surface area contributed by atoms with E-state index in [1.54, 1.807) is 0 Å². The highest BCUT2D eigenvalue weighted by Gasteiger charge is 2.27. The van der Waals surface area contributed by atoms with Crippen LogP contribution in [0, 0.1) is 10.1 Å². The van der Waals surface area contributed by atoms with Gasteiger partial charge in [-0.2, -0.15) is 13.2 Å². The van der Waals surface area contributed by atoms with Crippen LogP contribution in [0.4, 0.5) is 18.9 Å². The molecule has 110 valence electrons. The minimum absolute atomic E-state index is 0.274. The fraction of sp³-hybridized carbons (Fsp3) is 0.333. The summed E-state index contributed by atoms with van der Waals surface area (Å²) in [5.41, 5.74) is 4.51. The molecule has 0 radical (unpaired) electrons. The molecule has 1 heterocycles. The van der Waals surface area contributed by atoms with Crippen molar-refractivity contribution in [1.29, 1.82) is 0 Å². The van der Waals surface area contributed by atoms with Gasteiger partial charge in [-0.1, -0.05) is 5.16 Å². The second-order valence-electron chi connectivity index (χ2n) is 3.50. The number of hydrogen-bond acceptors (Lipinski definition) is 6. The molecule has 0 aliphatic heterocycles. The summed E-state index contributed by atoms with van der Waals surface area (Å²) < 4.78 is 40.7. The minimum Gasteiger partial charge on any atom is -0.477 e. The lowest BCUT2D eigenvalue weighted by Crippen LogP contribution is -2.18. The fourth-order valence-corrected chi connectivity index (χ4v) is 1.16. The highest BCUT2D eigenvalue weighted by molar-refractivity contribution is 5.99. The van der Waals surface area contributed by atoms with Crippen molar-refractivity contribution in [2.75, 3.05) is 6.61 Å². The van der Waals surface area contributed by atoms with Gasteiger partial charge in [0.05, 0.1) is 23.5 Å². The van der Waals surface area contributed by atoms with E-state index in [4.69, 9.17) is 15.7 Å². The summed E-state index contributed by atoms with van der Waals surface area (Å²) in [6.07, 6.45) is -4.87. The fourth-order valence-electron chi connectivity index (χ4n) is 1.16. The Morgan fingerprint density at radius 2 is 2.25 bits per heavy atom. The quantitative estimate of drug-likeness (QED) is 0.278. The normalized spacial score (nSPS) is 12.2. The second kappa shape index (κ2) is 6.04. The van der Waals surface area contributed by atoms with Gasteiger partial charge >= 0.3 is 6.18 Å². The van der Waals surface area contributed by atoms with Crippen molar-refractivity contribution < 1.29 is 28.0 Å². The van der Waals surface area contributed by atoms with E-state index >= 15 is 0 Å². The molecule has 1 aromatic rings. The Morgan fingerprint density at radius 3 is 2.75 bits per heavy atom. The van der Waals surface area contributed by atoms with Gasteiger partial charge in [-0.05, 0) is 0 Å². The third kappa shape index (κ3) is 4.26. The molecule has 0 aliphatic rings. The van der Waals surface area contributed by atoms with Gasteiger partial charge in [0.2, 0.25) is 5.88 Å². The van der Waals surface area contributed by atoms with Gasteiger partial charge in [-0.15, -0.1) is 0 Å². The number of halogens is 3. The molecule has 0 aliphatic carbocycles. The number of nitrogens with two attached hydrogens (primary N) is 1. The Morgan fingerprint density at radius 1 is 1.60 bits per heavy atom.